The van der Waals surface area contributed by atoms with E-state index in [1.165, 1.54) is 7.11 Å². The van der Waals surface area contributed by atoms with E-state index in [9.17, 15) is 4.79 Å². The summed E-state index contributed by atoms with van der Waals surface area (Å²) >= 11 is 0. The summed E-state index contributed by atoms with van der Waals surface area (Å²) in [7, 11) is 3.34. The third kappa shape index (κ3) is 3.68. The molecule has 1 heterocycles. The van der Waals surface area contributed by atoms with E-state index in [0.29, 0.717) is 6.54 Å². The Kier molecular flexibility index (Phi) is 7.64. The maximum absolute atomic E-state index is 11.0. The van der Waals surface area contributed by atoms with Crippen LogP contribution in [0.3, 0.4) is 0 Å². The third-order valence-electron chi connectivity index (χ3n) is 2.05. The fourth-order valence-corrected chi connectivity index (χ4v) is 1.43. The van der Waals surface area contributed by atoms with E-state index in [1.807, 2.05) is 11.9 Å². The van der Waals surface area contributed by atoms with Gasteiger partial charge in [0.2, 0.25) is 0 Å². The Hall–Kier alpha value is -0.0300. The minimum absolute atomic E-state index is 0. The number of methoxy groups -OCH3 is 1. The number of ether oxygens (including phenoxy) is 1. The van der Waals surface area contributed by atoms with E-state index < -0.39 is 0 Å². The second kappa shape index (κ2) is 6.43. The van der Waals surface area contributed by atoms with Crippen molar-refractivity contribution in [2.75, 3.05) is 27.2 Å². The van der Waals surface area contributed by atoms with Crippen LogP contribution in [0.4, 0.5) is 0 Å². The summed E-state index contributed by atoms with van der Waals surface area (Å²) in [6.07, 6.45) is 0. The Morgan fingerprint density at radius 3 is 2.31 bits per heavy atom. The molecule has 1 aliphatic rings. The smallest absolute Gasteiger partial charge is 0.311 e. The molecule has 0 aromatic heterocycles. The summed E-state index contributed by atoms with van der Waals surface area (Å²) in [5.41, 5.74) is 5.70. The van der Waals surface area contributed by atoms with Crippen LogP contribution < -0.4 is 5.73 Å². The largest absolute Gasteiger partial charge is 0.469 e. The molecular weight excluding hydrogens is 215 g/mol. The van der Waals surface area contributed by atoms with Crippen LogP contribution in [0.15, 0.2) is 0 Å². The summed E-state index contributed by atoms with van der Waals surface area (Å²) < 4.78 is 4.61. The van der Waals surface area contributed by atoms with Gasteiger partial charge in [0.1, 0.15) is 0 Å². The molecule has 0 aliphatic carbocycles. The van der Waals surface area contributed by atoms with Crippen molar-refractivity contribution < 1.29 is 9.53 Å². The van der Waals surface area contributed by atoms with Crippen molar-refractivity contribution in [3.05, 3.63) is 0 Å². The van der Waals surface area contributed by atoms with Gasteiger partial charge in [0.25, 0.3) is 0 Å². The minimum Gasteiger partial charge on any atom is -0.469 e. The second-order valence-electron chi connectivity index (χ2n) is 3.01. The van der Waals surface area contributed by atoms with Crippen LogP contribution in [0.5, 0.6) is 0 Å². The van der Waals surface area contributed by atoms with Crippen LogP contribution in [0.2, 0.25) is 0 Å². The first-order valence-corrected chi connectivity index (χ1v) is 3.67. The highest BCUT2D eigenvalue weighted by Gasteiger charge is 2.34. The van der Waals surface area contributed by atoms with E-state index in [2.05, 4.69) is 4.74 Å². The first-order valence-electron chi connectivity index (χ1n) is 3.67. The number of halogens is 2. The van der Waals surface area contributed by atoms with Crippen LogP contribution in [0.1, 0.15) is 0 Å². The van der Waals surface area contributed by atoms with E-state index in [1.54, 1.807) is 0 Å². The highest BCUT2D eigenvalue weighted by Crippen LogP contribution is 2.14. The molecule has 0 radical (unpaired) electrons. The van der Waals surface area contributed by atoms with Crippen molar-refractivity contribution in [3.63, 3.8) is 0 Å². The Balaban J connectivity index is 0. The predicted octanol–water partition coefficient (Wildman–Crippen LogP) is -0.108. The molecule has 2 atom stereocenters. The lowest BCUT2D eigenvalue weighted by Crippen LogP contribution is -2.34. The average Bonchev–Trinajstić information content (AvgIpc) is 2.28. The average molecular weight is 231 g/mol. The summed E-state index contributed by atoms with van der Waals surface area (Å²) in [6, 6.07) is -0.0625. The highest BCUT2D eigenvalue weighted by molar-refractivity contribution is 5.85. The van der Waals surface area contributed by atoms with Crippen LogP contribution in [-0.4, -0.2) is 44.2 Å². The quantitative estimate of drug-likeness (QED) is 0.640. The molecule has 1 aliphatic heterocycles. The molecule has 1 fully saturated rings. The van der Waals surface area contributed by atoms with Gasteiger partial charge in [-0.3, -0.25) is 4.79 Å². The van der Waals surface area contributed by atoms with Crippen LogP contribution in [0, 0.1) is 5.92 Å². The monoisotopic (exact) mass is 230 g/mol. The maximum atomic E-state index is 11.0. The summed E-state index contributed by atoms with van der Waals surface area (Å²) in [5.74, 6) is -0.327. The molecule has 80 valence electrons. The molecule has 6 heteroatoms. The van der Waals surface area contributed by atoms with Gasteiger partial charge in [-0.25, -0.2) is 0 Å². The number of likely N-dealkylation sites (N-methyl/N-ethyl adjacent to an activating group) is 1. The first-order chi connectivity index (χ1) is 5.15. The lowest BCUT2D eigenvalue weighted by atomic mass is 10.1. The molecule has 0 spiro atoms. The fraction of sp³-hybridized carbons (Fsp3) is 0.857. The van der Waals surface area contributed by atoms with Crippen molar-refractivity contribution in [2.45, 2.75) is 6.04 Å². The number of likely N-dealkylation sites (tertiary alicyclic amines) is 1. The number of rotatable bonds is 1. The number of nitrogens with two attached hydrogens (primary N) is 1. The molecular formula is C7H16Cl2N2O2. The first kappa shape index (κ1) is 15.4. The molecule has 2 unspecified atom stereocenters. The summed E-state index contributed by atoms with van der Waals surface area (Å²) in [5, 5.41) is 0. The predicted molar refractivity (Wildman–Crippen MR) is 55.5 cm³/mol. The van der Waals surface area contributed by atoms with Crippen molar-refractivity contribution in [1.29, 1.82) is 0 Å². The lowest BCUT2D eigenvalue weighted by molar-refractivity contribution is -0.145. The molecule has 0 bridgehead atoms. The van der Waals surface area contributed by atoms with Gasteiger partial charge in [0.05, 0.1) is 13.0 Å². The molecule has 1 rings (SSSR count). The van der Waals surface area contributed by atoms with Gasteiger partial charge in [0, 0.05) is 19.1 Å². The van der Waals surface area contributed by atoms with Gasteiger partial charge in [-0.15, -0.1) is 24.8 Å². The van der Waals surface area contributed by atoms with Gasteiger partial charge >= 0.3 is 5.97 Å². The van der Waals surface area contributed by atoms with E-state index in [0.717, 1.165) is 6.54 Å². The van der Waals surface area contributed by atoms with Crippen molar-refractivity contribution in [3.8, 4) is 0 Å². The van der Waals surface area contributed by atoms with Gasteiger partial charge in [0.15, 0.2) is 0 Å². The lowest BCUT2D eigenvalue weighted by Gasteiger charge is -2.10. The number of hydrogen-bond acceptors (Lipinski definition) is 4. The van der Waals surface area contributed by atoms with Gasteiger partial charge < -0.3 is 15.4 Å². The van der Waals surface area contributed by atoms with Gasteiger partial charge in [-0.05, 0) is 7.05 Å². The molecule has 2 N–H and O–H groups in total. The number of esters is 1. The zero-order valence-electron chi connectivity index (χ0n) is 7.73. The zero-order valence-corrected chi connectivity index (χ0v) is 9.36. The van der Waals surface area contributed by atoms with Crippen LogP contribution in [0.25, 0.3) is 0 Å². The number of carbonyl (C=O) groups excluding carboxylic acids is 1. The Morgan fingerprint density at radius 1 is 1.46 bits per heavy atom. The van der Waals surface area contributed by atoms with Crippen molar-refractivity contribution in [2.24, 2.45) is 11.7 Å². The molecule has 1 saturated heterocycles. The molecule has 4 nitrogen and oxygen atoms in total. The normalized spacial score (nSPS) is 27.3. The molecule has 0 aromatic carbocycles. The third-order valence-corrected chi connectivity index (χ3v) is 2.05. The second-order valence-corrected chi connectivity index (χ2v) is 3.01. The van der Waals surface area contributed by atoms with E-state index in [4.69, 9.17) is 5.73 Å². The van der Waals surface area contributed by atoms with Crippen molar-refractivity contribution in [1.82, 2.24) is 4.90 Å². The van der Waals surface area contributed by atoms with Gasteiger partial charge in [-0.2, -0.15) is 0 Å². The Bertz CT molecular complexity index is 169. The summed E-state index contributed by atoms with van der Waals surface area (Å²) in [6.45, 7) is 1.49. The van der Waals surface area contributed by atoms with E-state index in [-0.39, 0.29) is 42.7 Å². The van der Waals surface area contributed by atoms with E-state index >= 15 is 0 Å². The number of carbonyl (C=O) groups is 1. The molecule has 0 aromatic rings. The number of nitrogens with zero attached hydrogens (tertiary/aromatic N) is 1. The standard InChI is InChI=1S/C7H14N2O2.2ClH/c1-9-3-5(6(8)4-9)7(10)11-2;;/h5-6H,3-4,8H2,1-2H3;2*1H. The molecule has 0 amide bonds. The topological polar surface area (TPSA) is 55.6 Å². The molecule has 13 heavy (non-hydrogen) atoms. The molecule has 0 saturated carbocycles. The summed E-state index contributed by atoms with van der Waals surface area (Å²) in [4.78, 5) is 13.1. The van der Waals surface area contributed by atoms with Gasteiger partial charge in [-0.1, -0.05) is 0 Å². The maximum Gasteiger partial charge on any atom is 0.311 e. The number of hydrogen-bond donors (Lipinski definition) is 1. The highest BCUT2D eigenvalue weighted by atomic mass is 35.5. The minimum atomic E-state index is -0.193. The Labute approximate surface area is 90.6 Å². The Morgan fingerprint density at radius 2 is 2.00 bits per heavy atom. The SMILES string of the molecule is COC(=O)C1CN(C)CC1N.Cl.Cl. The van der Waals surface area contributed by atoms with Crippen LogP contribution in [-0.2, 0) is 9.53 Å². The van der Waals surface area contributed by atoms with Crippen LogP contribution >= 0.6 is 24.8 Å². The van der Waals surface area contributed by atoms with Crippen molar-refractivity contribution >= 4 is 30.8 Å². The zero-order chi connectivity index (χ0) is 8.43. The fourth-order valence-electron chi connectivity index (χ4n) is 1.43.